The Hall–Kier alpha value is -2.39. The summed E-state index contributed by atoms with van der Waals surface area (Å²) in [7, 11) is -3.23. The summed E-state index contributed by atoms with van der Waals surface area (Å²) in [6.07, 6.45) is 0.398. The molecule has 3 rings (SSSR count). The average Bonchev–Trinajstić information content (AvgIpc) is 2.91. The molecule has 0 saturated heterocycles. The highest BCUT2D eigenvalue weighted by atomic mass is 35.5. The molecule has 0 bridgehead atoms. The van der Waals surface area contributed by atoms with Crippen LogP contribution in [-0.4, -0.2) is 35.4 Å². The third-order valence-electron chi connectivity index (χ3n) is 3.67. The molecule has 0 spiro atoms. The fraction of sp³-hybridized carbons (Fsp3) is 0.267. The molecule has 25 heavy (non-hydrogen) atoms. The molecule has 0 radical (unpaired) electrons. The van der Waals surface area contributed by atoms with Crippen molar-refractivity contribution in [3.05, 3.63) is 46.4 Å². The maximum absolute atomic E-state index is 12.5. The minimum Gasteiger partial charge on any atom is -0.382 e. The summed E-state index contributed by atoms with van der Waals surface area (Å²) in [4.78, 5) is 23.1. The number of benzene rings is 1. The van der Waals surface area contributed by atoms with Gasteiger partial charge in [0.2, 0.25) is 5.16 Å². The second kappa shape index (κ2) is 6.85. The maximum atomic E-state index is 12.5. The van der Waals surface area contributed by atoms with Crippen LogP contribution in [0.5, 0.6) is 0 Å². The van der Waals surface area contributed by atoms with Crippen LogP contribution in [0.2, 0.25) is 0 Å². The van der Waals surface area contributed by atoms with Gasteiger partial charge in [-0.2, -0.15) is 4.98 Å². The van der Waals surface area contributed by atoms with Gasteiger partial charge in [0.05, 0.1) is 6.54 Å². The molecule has 4 N–H and O–H groups in total. The molecule has 0 amide bonds. The molecule has 1 atom stereocenters. The zero-order valence-electron chi connectivity index (χ0n) is 13.2. The average molecular weight is 381 g/mol. The fourth-order valence-corrected chi connectivity index (χ4v) is 3.95. The van der Waals surface area contributed by atoms with Crippen molar-refractivity contribution in [1.82, 2.24) is 19.5 Å². The largest absolute Gasteiger partial charge is 0.382 e. The quantitative estimate of drug-likeness (QED) is 0.443. The third-order valence-corrected chi connectivity index (χ3v) is 5.58. The van der Waals surface area contributed by atoms with Crippen LogP contribution in [0, 0.1) is 4.78 Å². The molecule has 8 nitrogen and oxygen atoms in total. The Labute approximate surface area is 149 Å². The first kappa shape index (κ1) is 17.4. The number of hydrogen-bond acceptors (Lipinski definition) is 6. The van der Waals surface area contributed by atoms with Crippen LogP contribution in [0.25, 0.3) is 11.2 Å². The van der Waals surface area contributed by atoms with Crippen molar-refractivity contribution in [1.29, 1.82) is 4.78 Å². The number of nitrogens with one attached hydrogen (secondary N) is 2. The van der Waals surface area contributed by atoms with Crippen molar-refractivity contribution in [2.75, 3.05) is 17.4 Å². The van der Waals surface area contributed by atoms with Gasteiger partial charge in [-0.3, -0.25) is 4.57 Å². The molecule has 0 saturated carbocycles. The van der Waals surface area contributed by atoms with Crippen molar-refractivity contribution < 1.29 is 4.21 Å². The summed E-state index contributed by atoms with van der Waals surface area (Å²) in [5.41, 5.74) is 6.91. The van der Waals surface area contributed by atoms with E-state index in [2.05, 4.69) is 15.0 Å². The number of hydrogen-bond donors (Lipinski definition) is 3. The normalized spacial score (nSPS) is 13.8. The van der Waals surface area contributed by atoms with Crippen molar-refractivity contribution in [2.24, 2.45) is 0 Å². The SMILES string of the molecule is N=S(=O)(CCCCl)c1nc(N)c2[nH]c(=O)n(Cc3ccccc3)c2n1. The second-order valence-corrected chi connectivity index (χ2v) is 8.02. The number of fused-ring (bicyclic) bond motifs is 1. The lowest BCUT2D eigenvalue weighted by Gasteiger charge is -2.08. The molecule has 3 aromatic rings. The van der Waals surface area contributed by atoms with Gasteiger partial charge in [0.15, 0.2) is 11.5 Å². The van der Waals surface area contributed by atoms with E-state index in [1.165, 1.54) is 4.57 Å². The molecule has 2 heterocycles. The first-order valence-corrected chi connectivity index (χ1v) is 9.81. The van der Waals surface area contributed by atoms with E-state index >= 15 is 0 Å². The lowest BCUT2D eigenvalue weighted by atomic mass is 10.2. The number of imidazole rings is 1. The highest BCUT2D eigenvalue weighted by Gasteiger charge is 2.20. The Morgan fingerprint density at radius 1 is 1.28 bits per heavy atom. The van der Waals surface area contributed by atoms with Crippen LogP contribution in [0.3, 0.4) is 0 Å². The monoisotopic (exact) mass is 380 g/mol. The van der Waals surface area contributed by atoms with Gasteiger partial charge in [-0.1, -0.05) is 30.3 Å². The maximum Gasteiger partial charge on any atom is 0.328 e. The van der Waals surface area contributed by atoms with Gasteiger partial charge in [0.1, 0.15) is 15.2 Å². The number of aromatic amines is 1. The Morgan fingerprint density at radius 2 is 2.00 bits per heavy atom. The predicted octanol–water partition coefficient (Wildman–Crippen LogP) is 1.78. The Morgan fingerprint density at radius 3 is 2.68 bits per heavy atom. The number of nitrogens with zero attached hydrogens (tertiary/aromatic N) is 3. The summed E-state index contributed by atoms with van der Waals surface area (Å²) in [5.74, 6) is 0.320. The smallest absolute Gasteiger partial charge is 0.328 e. The van der Waals surface area contributed by atoms with Gasteiger partial charge < -0.3 is 10.7 Å². The van der Waals surface area contributed by atoms with E-state index in [1.54, 1.807) is 0 Å². The Kier molecular flexibility index (Phi) is 4.78. The number of anilines is 1. The number of H-pyrrole nitrogens is 1. The standard InChI is InChI=1S/C15H17ClN6O2S/c16-7-4-8-25(18,24)14-20-12(17)11-13(21-14)22(15(23)19-11)9-10-5-2-1-3-6-10/h1-3,5-6,18H,4,7-9H2,(H,19,23)(H2,17,20,21). The van der Waals surface area contributed by atoms with Crippen molar-refractivity contribution >= 4 is 38.3 Å². The molecule has 10 heteroatoms. The van der Waals surface area contributed by atoms with E-state index in [1.807, 2.05) is 30.3 Å². The molecule has 1 unspecified atom stereocenters. The van der Waals surface area contributed by atoms with Crippen LogP contribution in [0.15, 0.2) is 40.3 Å². The van der Waals surface area contributed by atoms with Crippen LogP contribution < -0.4 is 11.4 Å². The minimum atomic E-state index is -3.23. The minimum absolute atomic E-state index is 0.00485. The van der Waals surface area contributed by atoms with E-state index in [9.17, 15) is 9.00 Å². The number of rotatable bonds is 6. The molecular weight excluding hydrogens is 364 g/mol. The van der Waals surface area contributed by atoms with Gasteiger partial charge in [-0.05, 0) is 12.0 Å². The van der Waals surface area contributed by atoms with Crippen molar-refractivity contribution in [3.8, 4) is 0 Å². The molecule has 0 aliphatic rings. The highest BCUT2D eigenvalue weighted by molar-refractivity contribution is 7.92. The summed E-state index contributed by atoms with van der Waals surface area (Å²) in [6.45, 7) is 0.274. The Balaban J connectivity index is 2.13. The van der Waals surface area contributed by atoms with Crippen molar-refractivity contribution in [3.63, 3.8) is 0 Å². The van der Waals surface area contributed by atoms with E-state index in [0.717, 1.165) is 5.56 Å². The van der Waals surface area contributed by atoms with Gasteiger partial charge in [-0.15, -0.1) is 11.6 Å². The van der Waals surface area contributed by atoms with Gasteiger partial charge in [0.25, 0.3) is 0 Å². The van der Waals surface area contributed by atoms with E-state index in [-0.39, 0.29) is 40.3 Å². The number of alkyl halides is 1. The van der Waals surface area contributed by atoms with Crippen LogP contribution in [0.4, 0.5) is 5.82 Å². The van der Waals surface area contributed by atoms with Crippen LogP contribution in [0.1, 0.15) is 12.0 Å². The summed E-state index contributed by atoms with van der Waals surface area (Å²) in [5, 5.41) is -0.177. The molecule has 2 aromatic heterocycles. The number of halogens is 1. The lowest BCUT2D eigenvalue weighted by Crippen LogP contribution is -2.18. The van der Waals surface area contributed by atoms with Gasteiger partial charge in [-0.25, -0.2) is 18.8 Å². The topological polar surface area (TPSA) is 131 Å². The first-order valence-electron chi connectivity index (χ1n) is 7.55. The molecule has 0 aliphatic carbocycles. The fourth-order valence-electron chi connectivity index (χ4n) is 2.44. The van der Waals surface area contributed by atoms with E-state index < -0.39 is 15.4 Å². The number of nitrogens with two attached hydrogens (primary N) is 1. The first-order chi connectivity index (χ1) is 11.9. The molecule has 132 valence electrons. The van der Waals surface area contributed by atoms with E-state index in [0.29, 0.717) is 6.42 Å². The molecule has 0 aliphatic heterocycles. The predicted molar refractivity (Wildman–Crippen MR) is 97.4 cm³/mol. The van der Waals surface area contributed by atoms with Crippen LogP contribution >= 0.6 is 11.6 Å². The van der Waals surface area contributed by atoms with Crippen LogP contribution in [-0.2, 0) is 16.3 Å². The molecule has 1 aromatic carbocycles. The van der Waals surface area contributed by atoms with Gasteiger partial charge in [0, 0.05) is 11.6 Å². The summed E-state index contributed by atoms with van der Waals surface area (Å²) < 4.78 is 22.0. The number of aromatic nitrogens is 4. The highest BCUT2D eigenvalue weighted by Crippen LogP contribution is 2.19. The lowest BCUT2D eigenvalue weighted by molar-refractivity contribution is 0.665. The zero-order chi connectivity index (χ0) is 18.0. The summed E-state index contributed by atoms with van der Waals surface area (Å²) in [6, 6.07) is 9.38. The summed E-state index contributed by atoms with van der Waals surface area (Å²) >= 11 is 5.62. The van der Waals surface area contributed by atoms with Gasteiger partial charge >= 0.3 is 5.69 Å². The zero-order valence-corrected chi connectivity index (χ0v) is 14.8. The third kappa shape index (κ3) is 3.52. The molecular formula is C15H17ClN6O2S. The molecule has 0 fully saturated rings. The second-order valence-electron chi connectivity index (χ2n) is 5.51. The van der Waals surface area contributed by atoms with E-state index in [4.69, 9.17) is 22.1 Å². The van der Waals surface area contributed by atoms with Crippen molar-refractivity contribution in [2.45, 2.75) is 18.1 Å². The Bertz CT molecular complexity index is 1060. The number of nitrogen functional groups attached to an aromatic ring is 1.